The molecular weight excluding hydrogens is 303 g/mol. The van der Waals surface area contributed by atoms with Crippen molar-refractivity contribution in [1.29, 1.82) is 0 Å². The van der Waals surface area contributed by atoms with Gasteiger partial charge in [0.15, 0.2) is 6.29 Å². The maximum absolute atomic E-state index is 13.4. The van der Waals surface area contributed by atoms with Gasteiger partial charge in [-0.3, -0.25) is 4.79 Å². The van der Waals surface area contributed by atoms with Crippen LogP contribution < -0.4 is 0 Å². The van der Waals surface area contributed by atoms with E-state index in [1.54, 1.807) is 10.6 Å². The van der Waals surface area contributed by atoms with Crippen LogP contribution in [-0.4, -0.2) is 15.9 Å². The molecule has 112 valence electrons. The minimum Gasteiger partial charge on any atom is -0.298 e. The van der Waals surface area contributed by atoms with Gasteiger partial charge >= 0.3 is 0 Å². The third-order valence-electron chi connectivity index (χ3n) is 3.65. The summed E-state index contributed by atoms with van der Waals surface area (Å²) in [5, 5.41) is 4.50. The van der Waals surface area contributed by atoms with Crippen molar-refractivity contribution in [3.8, 4) is 11.3 Å². The van der Waals surface area contributed by atoms with Crippen molar-refractivity contribution in [2.24, 2.45) is 0 Å². The van der Waals surface area contributed by atoms with E-state index in [0.717, 1.165) is 17.4 Å². The Morgan fingerprint density at radius 2 is 2.09 bits per heavy atom. The zero-order chi connectivity index (χ0) is 15.9. The number of aromatic nitrogens is 2. The van der Waals surface area contributed by atoms with Crippen molar-refractivity contribution in [1.82, 2.24) is 9.61 Å². The van der Waals surface area contributed by atoms with Gasteiger partial charge in [-0.1, -0.05) is 25.4 Å². The molecule has 3 aromatic rings. The Bertz CT molecular complexity index is 870. The zero-order valence-electron chi connectivity index (χ0n) is 12.2. The molecule has 0 aliphatic heterocycles. The molecule has 0 radical (unpaired) electrons. The summed E-state index contributed by atoms with van der Waals surface area (Å²) in [6.07, 6.45) is 2.63. The summed E-state index contributed by atoms with van der Waals surface area (Å²) in [6.45, 7) is 4.05. The van der Waals surface area contributed by atoms with Gasteiger partial charge in [0, 0.05) is 17.3 Å². The molecule has 0 spiro atoms. The molecule has 0 fully saturated rings. The summed E-state index contributed by atoms with van der Waals surface area (Å²) < 4.78 is 15.1. The summed E-state index contributed by atoms with van der Waals surface area (Å²) in [4.78, 5) is 11.7. The van der Waals surface area contributed by atoms with E-state index in [1.165, 1.54) is 12.1 Å². The standard InChI is InChI=1S/C17H14ClFN2O/c1-10(2)16-12(9-22)17(20-21-7-3-4-15(16)21)11-5-6-14(19)13(18)8-11/h3-10H,1-2H3. The van der Waals surface area contributed by atoms with Crippen LogP contribution >= 0.6 is 11.6 Å². The first-order valence-corrected chi connectivity index (χ1v) is 7.32. The Labute approximate surface area is 132 Å². The number of benzene rings is 1. The zero-order valence-corrected chi connectivity index (χ0v) is 12.9. The van der Waals surface area contributed by atoms with Crippen LogP contribution in [0, 0.1) is 5.82 Å². The first kappa shape index (κ1) is 14.7. The monoisotopic (exact) mass is 316 g/mol. The quantitative estimate of drug-likeness (QED) is 0.655. The molecular formula is C17H14ClFN2O. The van der Waals surface area contributed by atoms with Crippen molar-refractivity contribution >= 4 is 23.4 Å². The molecule has 0 saturated carbocycles. The molecule has 0 aliphatic carbocycles. The molecule has 0 saturated heterocycles. The number of aldehydes is 1. The lowest BCUT2D eigenvalue weighted by Gasteiger charge is -2.15. The van der Waals surface area contributed by atoms with E-state index in [2.05, 4.69) is 5.10 Å². The highest BCUT2D eigenvalue weighted by molar-refractivity contribution is 6.31. The molecule has 22 heavy (non-hydrogen) atoms. The average molecular weight is 317 g/mol. The van der Waals surface area contributed by atoms with Crippen LogP contribution in [0.2, 0.25) is 5.02 Å². The Morgan fingerprint density at radius 1 is 1.32 bits per heavy atom. The highest BCUT2D eigenvalue weighted by Crippen LogP contribution is 2.32. The summed E-state index contributed by atoms with van der Waals surface area (Å²) in [7, 11) is 0. The van der Waals surface area contributed by atoms with E-state index < -0.39 is 5.82 Å². The van der Waals surface area contributed by atoms with Crippen molar-refractivity contribution < 1.29 is 9.18 Å². The van der Waals surface area contributed by atoms with Crippen molar-refractivity contribution in [2.75, 3.05) is 0 Å². The van der Waals surface area contributed by atoms with Gasteiger partial charge < -0.3 is 0 Å². The number of hydrogen-bond donors (Lipinski definition) is 0. The van der Waals surface area contributed by atoms with Gasteiger partial charge in [-0.05, 0) is 41.8 Å². The Balaban J connectivity index is 2.37. The summed E-state index contributed by atoms with van der Waals surface area (Å²) in [6, 6.07) is 8.16. The molecule has 2 heterocycles. The smallest absolute Gasteiger partial charge is 0.152 e. The van der Waals surface area contributed by atoms with Crippen LogP contribution in [0.4, 0.5) is 4.39 Å². The minimum absolute atomic E-state index is 0.00912. The fraction of sp³-hybridized carbons (Fsp3) is 0.176. The molecule has 3 rings (SSSR count). The number of carbonyl (C=O) groups excluding carboxylic acids is 1. The lowest BCUT2D eigenvalue weighted by atomic mass is 9.94. The second-order valence-electron chi connectivity index (χ2n) is 5.42. The second-order valence-corrected chi connectivity index (χ2v) is 5.82. The predicted octanol–water partition coefficient (Wildman–Crippen LogP) is 4.73. The van der Waals surface area contributed by atoms with Crippen LogP contribution in [0.25, 0.3) is 16.8 Å². The van der Waals surface area contributed by atoms with E-state index in [-0.39, 0.29) is 10.9 Å². The number of hydrogen-bond acceptors (Lipinski definition) is 2. The fourth-order valence-corrected chi connectivity index (χ4v) is 2.86. The van der Waals surface area contributed by atoms with Gasteiger partial charge in [0.05, 0.1) is 10.5 Å². The van der Waals surface area contributed by atoms with Gasteiger partial charge in [-0.15, -0.1) is 0 Å². The first-order chi connectivity index (χ1) is 10.5. The molecule has 0 unspecified atom stereocenters. The van der Waals surface area contributed by atoms with Crippen molar-refractivity contribution in [2.45, 2.75) is 19.8 Å². The van der Waals surface area contributed by atoms with Gasteiger partial charge in [0.25, 0.3) is 0 Å². The Kier molecular flexibility index (Phi) is 3.71. The second kappa shape index (κ2) is 5.54. The third kappa shape index (κ3) is 2.29. The molecule has 0 aliphatic rings. The van der Waals surface area contributed by atoms with Gasteiger partial charge in [0.2, 0.25) is 0 Å². The normalized spacial score (nSPS) is 11.3. The lowest BCUT2D eigenvalue weighted by molar-refractivity contribution is 0.112. The van der Waals surface area contributed by atoms with Crippen molar-refractivity contribution in [3.05, 3.63) is 58.5 Å². The maximum atomic E-state index is 13.4. The van der Waals surface area contributed by atoms with E-state index in [4.69, 9.17) is 11.6 Å². The third-order valence-corrected chi connectivity index (χ3v) is 3.94. The minimum atomic E-state index is -0.496. The molecule has 0 bridgehead atoms. The highest BCUT2D eigenvalue weighted by atomic mass is 35.5. The molecule has 1 aromatic carbocycles. The van der Waals surface area contributed by atoms with Crippen LogP contribution in [0.5, 0.6) is 0 Å². The predicted molar refractivity (Wildman–Crippen MR) is 85.1 cm³/mol. The molecule has 0 amide bonds. The van der Waals surface area contributed by atoms with E-state index >= 15 is 0 Å². The Hall–Kier alpha value is -2.20. The summed E-state index contributed by atoms with van der Waals surface area (Å²) in [5.41, 5.74) is 3.46. The largest absolute Gasteiger partial charge is 0.298 e. The number of rotatable bonds is 3. The fourth-order valence-electron chi connectivity index (χ4n) is 2.68. The highest BCUT2D eigenvalue weighted by Gasteiger charge is 2.19. The molecule has 0 N–H and O–H groups in total. The number of nitrogens with zero attached hydrogens (tertiary/aromatic N) is 2. The SMILES string of the molecule is CC(C)c1c(C=O)c(-c2ccc(F)c(Cl)c2)nn2cccc12. The first-order valence-electron chi connectivity index (χ1n) is 6.94. The Morgan fingerprint density at radius 3 is 2.73 bits per heavy atom. The van der Waals surface area contributed by atoms with Crippen molar-refractivity contribution in [3.63, 3.8) is 0 Å². The summed E-state index contributed by atoms with van der Waals surface area (Å²) in [5.74, 6) is -0.348. The number of halogens is 2. The van der Waals surface area contributed by atoms with E-state index in [9.17, 15) is 9.18 Å². The van der Waals surface area contributed by atoms with Gasteiger partial charge in [0.1, 0.15) is 11.5 Å². The van der Waals surface area contributed by atoms with Crippen LogP contribution in [0.15, 0.2) is 36.5 Å². The topological polar surface area (TPSA) is 34.4 Å². The van der Waals surface area contributed by atoms with Gasteiger partial charge in [-0.25, -0.2) is 8.91 Å². The number of carbonyl (C=O) groups is 1. The number of fused-ring (bicyclic) bond motifs is 1. The average Bonchev–Trinajstić information content (AvgIpc) is 2.95. The van der Waals surface area contributed by atoms with Crippen LogP contribution in [0.3, 0.4) is 0 Å². The van der Waals surface area contributed by atoms with E-state index in [1.807, 2.05) is 32.2 Å². The molecule has 3 nitrogen and oxygen atoms in total. The van der Waals surface area contributed by atoms with Crippen LogP contribution in [0.1, 0.15) is 35.7 Å². The molecule has 5 heteroatoms. The maximum Gasteiger partial charge on any atom is 0.152 e. The summed E-state index contributed by atoms with van der Waals surface area (Å²) >= 11 is 5.86. The molecule has 2 aromatic heterocycles. The van der Waals surface area contributed by atoms with E-state index in [0.29, 0.717) is 16.8 Å². The lowest BCUT2D eigenvalue weighted by Crippen LogP contribution is -2.06. The van der Waals surface area contributed by atoms with Crippen LogP contribution in [-0.2, 0) is 0 Å². The van der Waals surface area contributed by atoms with Gasteiger partial charge in [-0.2, -0.15) is 5.10 Å². The molecule has 0 atom stereocenters.